The molecular weight excluding hydrogens is 348 g/mol. The quantitative estimate of drug-likeness (QED) is 0.815. The van der Waals surface area contributed by atoms with Crippen LogP contribution in [0.1, 0.15) is 23.4 Å². The van der Waals surface area contributed by atoms with Gasteiger partial charge in [-0.3, -0.25) is 14.4 Å². The molecule has 3 fully saturated rings. The fourth-order valence-corrected chi connectivity index (χ4v) is 4.05. The molecule has 7 heteroatoms. The molecule has 3 aliphatic rings. The summed E-state index contributed by atoms with van der Waals surface area (Å²) < 4.78 is 10.8. The maximum Gasteiger partial charge on any atom is 0.289 e. The summed E-state index contributed by atoms with van der Waals surface area (Å²) in [4.78, 5) is 41.5. The summed E-state index contributed by atoms with van der Waals surface area (Å²) in [7, 11) is 1.61. The second-order valence-electron chi connectivity index (χ2n) is 7.13. The van der Waals surface area contributed by atoms with Crippen LogP contribution in [0.5, 0.6) is 0 Å². The van der Waals surface area contributed by atoms with Gasteiger partial charge in [-0.25, -0.2) is 0 Å². The van der Waals surface area contributed by atoms with E-state index in [2.05, 4.69) is 0 Å². The Hall–Kier alpha value is -2.67. The molecule has 3 saturated heterocycles. The number of rotatable bonds is 4. The van der Waals surface area contributed by atoms with Gasteiger partial charge in [0.25, 0.3) is 5.91 Å². The highest BCUT2D eigenvalue weighted by atomic mass is 16.5. The number of amides is 2. The number of nitrogens with zero attached hydrogens (tertiary/aromatic N) is 2. The summed E-state index contributed by atoms with van der Waals surface area (Å²) >= 11 is 0. The lowest BCUT2D eigenvalue weighted by molar-refractivity contribution is -0.140. The zero-order valence-corrected chi connectivity index (χ0v) is 15.2. The number of hydrogen-bond donors (Lipinski definition) is 0. The molecule has 0 N–H and O–H groups in total. The Kier molecular flexibility index (Phi) is 4.70. The molecule has 4 heterocycles. The number of carbonyl (C=O) groups excluding carboxylic acids is 2. The van der Waals surface area contributed by atoms with E-state index < -0.39 is 0 Å². The first-order chi connectivity index (χ1) is 13.1. The van der Waals surface area contributed by atoms with Gasteiger partial charge in [0.05, 0.1) is 17.9 Å². The summed E-state index contributed by atoms with van der Waals surface area (Å²) in [5.41, 5.74) is 0.153. The molecule has 1 aromatic heterocycles. The largest absolute Gasteiger partial charge is 0.451 e. The Morgan fingerprint density at radius 3 is 2.85 bits per heavy atom. The Bertz CT molecular complexity index is 937. The lowest BCUT2D eigenvalue weighted by Gasteiger charge is -2.35. The zero-order chi connectivity index (χ0) is 19.0. The van der Waals surface area contributed by atoms with Crippen LogP contribution < -0.4 is 5.43 Å². The second kappa shape index (κ2) is 7.15. The minimum Gasteiger partial charge on any atom is -0.451 e. The number of fused-ring (bicyclic) bond motifs is 5. The molecule has 1 aromatic carbocycles. The summed E-state index contributed by atoms with van der Waals surface area (Å²) in [6, 6.07) is 8.10. The smallest absolute Gasteiger partial charge is 0.289 e. The highest BCUT2D eigenvalue weighted by Crippen LogP contribution is 2.29. The van der Waals surface area contributed by atoms with Gasteiger partial charge in [-0.15, -0.1) is 0 Å². The lowest BCUT2D eigenvalue weighted by atomic mass is 9.94. The van der Waals surface area contributed by atoms with Crippen molar-refractivity contribution >= 4 is 22.8 Å². The maximum absolute atomic E-state index is 13.0. The number of piperidine rings is 1. The van der Waals surface area contributed by atoms with Crippen molar-refractivity contribution in [2.75, 3.05) is 33.4 Å². The van der Waals surface area contributed by atoms with Crippen molar-refractivity contribution in [3.63, 3.8) is 0 Å². The SMILES string of the molecule is COCCN1C(=O)[C@H]2CC[C@@H]1CN(C(=O)c1cc(=O)c3ccccc3o1)C2. The molecule has 2 amide bonds. The van der Waals surface area contributed by atoms with Crippen LogP contribution in [0.25, 0.3) is 11.0 Å². The molecule has 5 rings (SSSR count). The Morgan fingerprint density at radius 1 is 1.22 bits per heavy atom. The van der Waals surface area contributed by atoms with Crippen LogP contribution in [-0.4, -0.2) is 61.0 Å². The van der Waals surface area contributed by atoms with E-state index in [1.54, 1.807) is 36.3 Å². The molecule has 7 nitrogen and oxygen atoms in total. The Balaban J connectivity index is 1.61. The third kappa shape index (κ3) is 3.23. The molecule has 27 heavy (non-hydrogen) atoms. The van der Waals surface area contributed by atoms with E-state index in [1.165, 1.54) is 6.07 Å². The van der Waals surface area contributed by atoms with Gasteiger partial charge in [0.1, 0.15) is 5.58 Å². The van der Waals surface area contributed by atoms with E-state index in [4.69, 9.17) is 9.15 Å². The minimum absolute atomic E-state index is 0.0240. The first-order valence-corrected chi connectivity index (χ1v) is 9.20. The Morgan fingerprint density at radius 2 is 2.04 bits per heavy atom. The van der Waals surface area contributed by atoms with Crippen LogP contribution in [0.2, 0.25) is 0 Å². The van der Waals surface area contributed by atoms with Crippen molar-refractivity contribution < 1.29 is 18.7 Å². The van der Waals surface area contributed by atoms with Gasteiger partial charge in [-0.1, -0.05) is 12.1 Å². The number of methoxy groups -OCH3 is 1. The highest BCUT2D eigenvalue weighted by molar-refractivity contribution is 5.94. The summed E-state index contributed by atoms with van der Waals surface area (Å²) in [5.74, 6) is -0.442. The van der Waals surface area contributed by atoms with Crippen LogP contribution in [0.4, 0.5) is 0 Å². The molecule has 0 spiro atoms. The standard InChI is InChI=1S/C20H22N2O5/c1-26-9-8-22-14-7-6-13(19(22)24)11-21(12-14)20(25)18-10-16(23)15-4-2-3-5-17(15)27-18/h2-5,10,13-14H,6-9,11-12H2,1H3/t13-,14+/m0/s1. The topological polar surface area (TPSA) is 80.1 Å². The van der Waals surface area contributed by atoms with Crippen LogP contribution in [0, 0.1) is 5.92 Å². The fraction of sp³-hybridized carbons (Fsp3) is 0.450. The molecule has 142 valence electrons. The Labute approximate surface area is 156 Å². The molecular formula is C20H22N2O5. The number of para-hydroxylation sites is 1. The molecule has 0 aliphatic carbocycles. The monoisotopic (exact) mass is 370 g/mol. The number of carbonyl (C=O) groups is 2. The average molecular weight is 370 g/mol. The molecule has 2 bridgehead atoms. The van der Waals surface area contributed by atoms with Gasteiger partial charge in [-0.05, 0) is 25.0 Å². The molecule has 0 saturated carbocycles. The highest BCUT2D eigenvalue weighted by Gasteiger charge is 2.42. The second-order valence-corrected chi connectivity index (χ2v) is 7.13. The first-order valence-electron chi connectivity index (χ1n) is 9.20. The minimum atomic E-state index is -0.337. The van der Waals surface area contributed by atoms with Crippen molar-refractivity contribution in [2.24, 2.45) is 5.92 Å². The predicted molar refractivity (Wildman–Crippen MR) is 98.5 cm³/mol. The van der Waals surface area contributed by atoms with E-state index in [9.17, 15) is 14.4 Å². The number of ether oxygens (including phenoxy) is 1. The van der Waals surface area contributed by atoms with Gasteiger partial charge in [0.15, 0.2) is 11.2 Å². The summed E-state index contributed by atoms with van der Waals surface area (Å²) in [6.07, 6.45) is 1.64. The lowest BCUT2D eigenvalue weighted by Crippen LogP contribution is -2.49. The van der Waals surface area contributed by atoms with Gasteiger partial charge < -0.3 is 19.0 Å². The van der Waals surface area contributed by atoms with E-state index in [-0.39, 0.29) is 35.0 Å². The first kappa shape index (κ1) is 17.7. The normalized spacial score (nSPS) is 22.3. The number of hydrogen-bond acceptors (Lipinski definition) is 5. The molecule has 3 aliphatic heterocycles. The van der Waals surface area contributed by atoms with Crippen LogP contribution in [0.15, 0.2) is 39.5 Å². The van der Waals surface area contributed by atoms with Crippen LogP contribution >= 0.6 is 0 Å². The predicted octanol–water partition coefficient (Wildman–Crippen LogP) is 1.50. The van der Waals surface area contributed by atoms with E-state index in [1.807, 2.05) is 4.90 Å². The van der Waals surface area contributed by atoms with Gasteiger partial charge >= 0.3 is 0 Å². The van der Waals surface area contributed by atoms with Gasteiger partial charge in [-0.2, -0.15) is 0 Å². The maximum atomic E-state index is 13.0. The van der Waals surface area contributed by atoms with Crippen LogP contribution in [-0.2, 0) is 9.53 Å². The van der Waals surface area contributed by atoms with E-state index in [0.717, 1.165) is 12.8 Å². The van der Waals surface area contributed by atoms with E-state index >= 15 is 0 Å². The van der Waals surface area contributed by atoms with Crippen molar-refractivity contribution in [1.82, 2.24) is 9.80 Å². The van der Waals surface area contributed by atoms with Crippen molar-refractivity contribution in [2.45, 2.75) is 18.9 Å². The average Bonchev–Trinajstić information content (AvgIpc) is 2.97. The van der Waals surface area contributed by atoms with E-state index in [0.29, 0.717) is 37.2 Å². The van der Waals surface area contributed by atoms with Gasteiger partial charge in [0, 0.05) is 38.9 Å². The van der Waals surface area contributed by atoms with Crippen LogP contribution in [0.3, 0.4) is 0 Å². The molecule has 0 radical (unpaired) electrons. The van der Waals surface area contributed by atoms with Crippen molar-refractivity contribution in [3.8, 4) is 0 Å². The molecule has 0 unspecified atom stereocenters. The summed E-state index contributed by atoms with van der Waals surface area (Å²) in [5, 5.41) is 0.450. The molecule has 2 aromatic rings. The third-order valence-corrected chi connectivity index (χ3v) is 5.46. The zero-order valence-electron chi connectivity index (χ0n) is 15.2. The molecule has 2 atom stereocenters. The summed E-state index contributed by atoms with van der Waals surface area (Å²) in [6.45, 7) is 1.81. The van der Waals surface area contributed by atoms with Crippen molar-refractivity contribution in [1.29, 1.82) is 0 Å². The van der Waals surface area contributed by atoms with Gasteiger partial charge in [0.2, 0.25) is 5.91 Å². The third-order valence-electron chi connectivity index (χ3n) is 5.46. The van der Waals surface area contributed by atoms with Crippen molar-refractivity contribution in [3.05, 3.63) is 46.3 Å². The number of benzene rings is 1. The fourth-order valence-electron chi connectivity index (χ4n) is 4.05.